The first kappa shape index (κ1) is 20.2. The minimum absolute atomic E-state index is 0.111. The first-order valence-corrected chi connectivity index (χ1v) is 10.3. The van der Waals surface area contributed by atoms with E-state index in [4.69, 9.17) is 9.47 Å². The molecule has 2 heterocycles. The topological polar surface area (TPSA) is 79.9 Å². The van der Waals surface area contributed by atoms with Crippen LogP contribution >= 0.6 is 0 Å². The highest BCUT2D eigenvalue weighted by Crippen LogP contribution is 2.34. The molecule has 0 saturated carbocycles. The smallest absolute Gasteiger partial charge is 0.257 e. The van der Waals surface area contributed by atoms with Crippen molar-refractivity contribution in [1.29, 1.82) is 0 Å². The second kappa shape index (κ2) is 8.75. The molecule has 1 saturated heterocycles. The van der Waals surface area contributed by atoms with Crippen LogP contribution in [0, 0.1) is 11.8 Å². The first-order chi connectivity index (χ1) is 14.5. The van der Waals surface area contributed by atoms with Gasteiger partial charge in [-0.3, -0.25) is 14.5 Å². The van der Waals surface area contributed by atoms with Crippen molar-refractivity contribution in [2.24, 2.45) is 11.8 Å². The molecule has 2 unspecified atom stereocenters. The second-order valence-corrected chi connectivity index (χ2v) is 8.26. The summed E-state index contributed by atoms with van der Waals surface area (Å²) in [4.78, 5) is 27.7. The van der Waals surface area contributed by atoms with Crippen molar-refractivity contribution in [3.63, 3.8) is 0 Å². The number of amides is 2. The number of rotatable bonds is 5. The van der Waals surface area contributed by atoms with E-state index in [1.54, 1.807) is 42.5 Å². The summed E-state index contributed by atoms with van der Waals surface area (Å²) >= 11 is 0. The van der Waals surface area contributed by atoms with E-state index >= 15 is 0 Å². The van der Waals surface area contributed by atoms with Crippen LogP contribution in [-0.4, -0.2) is 43.1 Å². The molecule has 2 aromatic rings. The maximum absolute atomic E-state index is 12.8. The minimum atomic E-state index is -0.301. The molecule has 158 valence electrons. The van der Waals surface area contributed by atoms with Crippen molar-refractivity contribution in [3.8, 4) is 11.5 Å². The van der Waals surface area contributed by atoms with E-state index in [9.17, 15) is 9.59 Å². The highest BCUT2D eigenvalue weighted by atomic mass is 16.7. The molecule has 2 aliphatic rings. The summed E-state index contributed by atoms with van der Waals surface area (Å²) in [6, 6.07) is 12.3. The summed E-state index contributed by atoms with van der Waals surface area (Å²) in [5, 5.41) is 5.77. The number of nitrogens with zero attached hydrogens (tertiary/aromatic N) is 1. The van der Waals surface area contributed by atoms with Crippen LogP contribution in [0.5, 0.6) is 11.5 Å². The molecule has 0 spiro atoms. The van der Waals surface area contributed by atoms with Gasteiger partial charge in [0, 0.05) is 24.8 Å². The Morgan fingerprint density at radius 1 is 1.00 bits per heavy atom. The molecule has 0 aliphatic carbocycles. The van der Waals surface area contributed by atoms with Gasteiger partial charge in [0.15, 0.2) is 11.5 Å². The lowest BCUT2D eigenvalue weighted by atomic mass is 9.92. The van der Waals surface area contributed by atoms with E-state index in [1.165, 1.54) is 6.42 Å². The molecule has 30 heavy (non-hydrogen) atoms. The third kappa shape index (κ3) is 4.74. The fourth-order valence-corrected chi connectivity index (χ4v) is 4.28. The van der Waals surface area contributed by atoms with Crippen molar-refractivity contribution in [1.82, 2.24) is 4.90 Å². The number of benzene rings is 2. The van der Waals surface area contributed by atoms with Gasteiger partial charge >= 0.3 is 0 Å². The Bertz CT molecular complexity index is 936. The Labute approximate surface area is 176 Å². The number of ether oxygens (including phenoxy) is 2. The Morgan fingerprint density at radius 3 is 2.53 bits per heavy atom. The van der Waals surface area contributed by atoms with E-state index in [0.717, 1.165) is 13.1 Å². The predicted octanol–water partition coefficient (Wildman–Crippen LogP) is 3.58. The zero-order valence-corrected chi connectivity index (χ0v) is 17.3. The lowest BCUT2D eigenvalue weighted by molar-refractivity contribution is -0.117. The molecule has 7 heteroatoms. The molecular formula is C23H27N3O4. The van der Waals surface area contributed by atoms with Crippen LogP contribution in [0.25, 0.3) is 0 Å². The lowest BCUT2D eigenvalue weighted by Gasteiger charge is -2.34. The molecule has 2 atom stereocenters. The number of para-hydroxylation sites is 1. The number of nitrogens with one attached hydrogen (secondary N) is 2. The molecule has 0 aromatic heterocycles. The van der Waals surface area contributed by atoms with Crippen molar-refractivity contribution >= 4 is 23.2 Å². The van der Waals surface area contributed by atoms with Crippen molar-refractivity contribution < 1.29 is 19.1 Å². The Balaban J connectivity index is 1.41. The number of fused-ring (bicyclic) bond motifs is 1. The molecule has 1 fully saturated rings. The number of piperidine rings is 1. The zero-order chi connectivity index (χ0) is 21.1. The fourth-order valence-electron chi connectivity index (χ4n) is 4.28. The molecule has 0 radical (unpaired) electrons. The van der Waals surface area contributed by atoms with Gasteiger partial charge in [-0.25, -0.2) is 0 Å². The van der Waals surface area contributed by atoms with E-state index in [-0.39, 0.29) is 18.6 Å². The minimum Gasteiger partial charge on any atom is -0.454 e. The van der Waals surface area contributed by atoms with Gasteiger partial charge in [0.05, 0.1) is 17.8 Å². The number of likely N-dealkylation sites (tertiary alicyclic amines) is 1. The quantitative estimate of drug-likeness (QED) is 0.789. The van der Waals surface area contributed by atoms with Crippen LogP contribution < -0.4 is 20.1 Å². The van der Waals surface area contributed by atoms with Gasteiger partial charge in [-0.1, -0.05) is 26.0 Å². The molecule has 0 bridgehead atoms. The third-order valence-electron chi connectivity index (χ3n) is 5.39. The zero-order valence-electron chi connectivity index (χ0n) is 17.3. The van der Waals surface area contributed by atoms with Crippen LogP contribution in [0.4, 0.5) is 11.4 Å². The summed E-state index contributed by atoms with van der Waals surface area (Å²) < 4.78 is 10.6. The van der Waals surface area contributed by atoms with Gasteiger partial charge in [-0.05, 0) is 42.5 Å². The average molecular weight is 409 g/mol. The molecule has 2 aliphatic heterocycles. The summed E-state index contributed by atoms with van der Waals surface area (Å²) in [7, 11) is 0. The van der Waals surface area contributed by atoms with Gasteiger partial charge < -0.3 is 20.1 Å². The van der Waals surface area contributed by atoms with Crippen molar-refractivity contribution in [2.75, 3.05) is 37.1 Å². The van der Waals surface area contributed by atoms with Gasteiger partial charge in [-0.15, -0.1) is 0 Å². The number of hydrogen-bond acceptors (Lipinski definition) is 5. The standard InChI is InChI=1S/C23H27N3O4/c1-15-9-16(2)12-26(11-15)13-22(27)25-19-6-4-3-5-18(19)23(28)24-17-7-8-20-21(10-17)30-14-29-20/h3-8,10,15-16H,9,11-14H2,1-2H3,(H,24,28)(H,25,27). The van der Waals surface area contributed by atoms with Gasteiger partial charge in [0.25, 0.3) is 5.91 Å². The first-order valence-electron chi connectivity index (χ1n) is 10.3. The van der Waals surface area contributed by atoms with Crippen molar-refractivity contribution in [2.45, 2.75) is 20.3 Å². The van der Waals surface area contributed by atoms with Crippen LogP contribution in [0.1, 0.15) is 30.6 Å². The van der Waals surface area contributed by atoms with Gasteiger partial charge in [0.2, 0.25) is 12.7 Å². The summed E-state index contributed by atoms with van der Waals surface area (Å²) in [6.45, 7) is 6.78. The predicted molar refractivity (Wildman–Crippen MR) is 115 cm³/mol. The number of carbonyl (C=O) groups is 2. The number of anilines is 2. The van der Waals surface area contributed by atoms with E-state index < -0.39 is 0 Å². The molecule has 4 rings (SSSR count). The molecule has 2 amide bonds. The van der Waals surface area contributed by atoms with Crippen molar-refractivity contribution in [3.05, 3.63) is 48.0 Å². The Hall–Kier alpha value is -3.06. The maximum Gasteiger partial charge on any atom is 0.257 e. The third-order valence-corrected chi connectivity index (χ3v) is 5.39. The Kier molecular flexibility index (Phi) is 5.90. The SMILES string of the molecule is CC1CC(C)CN(CC(=O)Nc2ccccc2C(=O)Nc2ccc3c(c2)OCO3)C1. The van der Waals surface area contributed by atoms with E-state index in [0.29, 0.717) is 46.8 Å². The number of carbonyl (C=O) groups excluding carboxylic acids is 2. The summed E-state index contributed by atoms with van der Waals surface area (Å²) in [6.07, 6.45) is 1.20. The molecule has 2 aromatic carbocycles. The van der Waals surface area contributed by atoms with Crippen LogP contribution in [-0.2, 0) is 4.79 Å². The number of hydrogen-bond donors (Lipinski definition) is 2. The fraction of sp³-hybridized carbons (Fsp3) is 0.391. The maximum atomic E-state index is 12.8. The van der Waals surface area contributed by atoms with E-state index in [1.807, 2.05) is 0 Å². The summed E-state index contributed by atoms with van der Waals surface area (Å²) in [5.74, 6) is 2.01. The highest BCUT2D eigenvalue weighted by Gasteiger charge is 2.24. The largest absolute Gasteiger partial charge is 0.454 e. The Morgan fingerprint density at radius 2 is 1.73 bits per heavy atom. The normalized spacial score (nSPS) is 20.6. The second-order valence-electron chi connectivity index (χ2n) is 8.26. The van der Waals surface area contributed by atoms with E-state index in [2.05, 4.69) is 29.4 Å². The van der Waals surface area contributed by atoms with Crippen LogP contribution in [0.3, 0.4) is 0 Å². The van der Waals surface area contributed by atoms with Gasteiger partial charge in [-0.2, -0.15) is 0 Å². The molecule has 2 N–H and O–H groups in total. The average Bonchev–Trinajstić information content (AvgIpc) is 3.15. The highest BCUT2D eigenvalue weighted by molar-refractivity contribution is 6.10. The van der Waals surface area contributed by atoms with Gasteiger partial charge in [0.1, 0.15) is 0 Å². The van der Waals surface area contributed by atoms with Crippen LogP contribution in [0.2, 0.25) is 0 Å². The lowest BCUT2D eigenvalue weighted by Crippen LogP contribution is -2.43. The molecular weight excluding hydrogens is 382 g/mol. The van der Waals surface area contributed by atoms with Crippen LogP contribution in [0.15, 0.2) is 42.5 Å². The molecule has 7 nitrogen and oxygen atoms in total. The monoisotopic (exact) mass is 409 g/mol. The summed E-state index contributed by atoms with van der Waals surface area (Å²) in [5.41, 5.74) is 1.50.